The van der Waals surface area contributed by atoms with Crippen LogP contribution in [0.5, 0.6) is 0 Å². The largest absolute Gasteiger partial charge is 0.447 e. The van der Waals surface area contributed by atoms with Crippen LogP contribution < -0.4 is 16.4 Å². The lowest BCUT2D eigenvalue weighted by molar-refractivity contribution is -0.121. The molecule has 9 nitrogen and oxygen atoms in total. The molecule has 166 valence electrons. The SMILES string of the molecule is CCCC(C)NC(=O)CCC(C)NC(=O)OCCOCCOCCOCCN. The Bertz CT molecular complexity index is 398. The van der Waals surface area contributed by atoms with Crippen molar-refractivity contribution in [3.05, 3.63) is 0 Å². The molecule has 0 bridgehead atoms. The summed E-state index contributed by atoms with van der Waals surface area (Å²) < 4.78 is 20.8. The first kappa shape index (κ1) is 26.6. The molecule has 0 rings (SSSR count). The van der Waals surface area contributed by atoms with Crippen LogP contribution in [0.25, 0.3) is 0 Å². The number of ether oxygens (including phenoxy) is 4. The summed E-state index contributed by atoms with van der Waals surface area (Å²) in [4.78, 5) is 23.5. The van der Waals surface area contributed by atoms with Crippen LogP contribution in [0, 0.1) is 0 Å². The van der Waals surface area contributed by atoms with Crippen LogP contribution in [0.3, 0.4) is 0 Å². The highest BCUT2D eigenvalue weighted by Gasteiger charge is 2.12. The van der Waals surface area contributed by atoms with Crippen LogP contribution >= 0.6 is 0 Å². The van der Waals surface area contributed by atoms with Gasteiger partial charge in [-0.2, -0.15) is 0 Å². The number of amides is 2. The predicted molar refractivity (Wildman–Crippen MR) is 107 cm³/mol. The Morgan fingerprint density at radius 3 is 1.93 bits per heavy atom. The molecule has 2 atom stereocenters. The summed E-state index contributed by atoms with van der Waals surface area (Å²) in [5.74, 6) is 0.00419. The summed E-state index contributed by atoms with van der Waals surface area (Å²) in [5.41, 5.74) is 5.29. The molecule has 9 heteroatoms. The maximum absolute atomic E-state index is 11.8. The van der Waals surface area contributed by atoms with Crippen molar-refractivity contribution in [1.29, 1.82) is 0 Å². The van der Waals surface area contributed by atoms with Crippen molar-refractivity contribution in [1.82, 2.24) is 10.6 Å². The van der Waals surface area contributed by atoms with Crippen molar-refractivity contribution >= 4 is 12.0 Å². The van der Waals surface area contributed by atoms with Crippen molar-refractivity contribution in [3.8, 4) is 0 Å². The molecule has 4 N–H and O–H groups in total. The third-order valence-electron chi connectivity index (χ3n) is 3.76. The van der Waals surface area contributed by atoms with Crippen LogP contribution in [0.15, 0.2) is 0 Å². The average Bonchev–Trinajstić information content (AvgIpc) is 2.64. The molecule has 0 aliphatic heterocycles. The van der Waals surface area contributed by atoms with Gasteiger partial charge in [-0.15, -0.1) is 0 Å². The second-order valence-electron chi connectivity index (χ2n) is 6.60. The van der Waals surface area contributed by atoms with Crippen molar-refractivity contribution < 1.29 is 28.5 Å². The van der Waals surface area contributed by atoms with Crippen molar-refractivity contribution in [2.75, 3.05) is 52.8 Å². The number of carbonyl (C=O) groups excluding carboxylic acids is 2. The Balaban J connectivity index is 3.51. The third kappa shape index (κ3) is 18.0. The van der Waals surface area contributed by atoms with Crippen LogP contribution in [0.2, 0.25) is 0 Å². The quantitative estimate of drug-likeness (QED) is 0.293. The first-order valence-electron chi connectivity index (χ1n) is 10.2. The molecule has 28 heavy (non-hydrogen) atoms. The Morgan fingerprint density at radius 1 is 0.821 bits per heavy atom. The maximum Gasteiger partial charge on any atom is 0.407 e. The first-order chi connectivity index (χ1) is 13.5. The molecule has 0 saturated heterocycles. The zero-order chi connectivity index (χ0) is 21.0. The molecule has 0 aromatic heterocycles. The lowest BCUT2D eigenvalue weighted by Gasteiger charge is -2.16. The van der Waals surface area contributed by atoms with Gasteiger partial charge >= 0.3 is 6.09 Å². The fourth-order valence-corrected chi connectivity index (χ4v) is 2.33. The summed E-state index contributed by atoms with van der Waals surface area (Å²) in [6, 6.07) is 0.0381. The smallest absolute Gasteiger partial charge is 0.407 e. The highest BCUT2D eigenvalue weighted by atomic mass is 16.6. The van der Waals surface area contributed by atoms with E-state index in [0.717, 1.165) is 12.8 Å². The van der Waals surface area contributed by atoms with E-state index >= 15 is 0 Å². The highest BCUT2D eigenvalue weighted by molar-refractivity contribution is 5.76. The van der Waals surface area contributed by atoms with Gasteiger partial charge in [0.2, 0.25) is 5.91 Å². The van der Waals surface area contributed by atoms with Gasteiger partial charge in [0.1, 0.15) is 6.61 Å². The topological polar surface area (TPSA) is 121 Å². The highest BCUT2D eigenvalue weighted by Crippen LogP contribution is 2.00. The van der Waals surface area contributed by atoms with Gasteiger partial charge in [-0.1, -0.05) is 13.3 Å². The minimum atomic E-state index is -0.510. The van der Waals surface area contributed by atoms with E-state index in [1.165, 1.54) is 0 Å². The van der Waals surface area contributed by atoms with E-state index in [4.69, 9.17) is 24.7 Å². The van der Waals surface area contributed by atoms with Crippen LogP contribution in [0.1, 0.15) is 46.5 Å². The lowest BCUT2D eigenvalue weighted by atomic mass is 10.1. The molecule has 0 aromatic rings. The van der Waals surface area contributed by atoms with E-state index in [0.29, 0.717) is 59.0 Å². The van der Waals surface area contributed by atoms with Gasteiger partial charge in [0, 0.05) is 25.0 Å². The van der Waals surface area contributed by atoms with Gasteiger partial charge in [0.05, 0.1) is 39.6 Å². The molecule has 0 fully saturated rings. The lowest BCUT2D eigenvalue weighted by Crippen LogP contribution is -2.36. The molecule has 2 unspecified atom stereocenters. The van der Waals surface area contributed by atoms with E-state index in [-0.39, 0.29) is 24.6 Å². The number of carbonyl (C=O) groups is 2. The molecule has 0 radical (unpaired) electrons. The van der Waals surface area contributed by atoms with E-state index in [1.54, 1.807) is 0 Å². The summed E-state index contributed by atoms with van der Waals surface area (Å²) in [6.45, 7) is 9.29. The van der Waals surface area contributed by atoms with Gasteiger partial charge in [0.25, 0.3) is 0 Å². The number of nitrogens with one attached hydrogen (secondary N) is 2. The minimum absolute atomic E-state index is 0.00419. The van der Waals surface area contributed by atoms with Gasteiger partial charge in [0.15, 0.2) is 0 Å². The van der Waals surface area contributed by atoms with Crippen LogP contribution in [-0.4, -0.2) is 76.9 Å². The molecule has 0 aromatic carbocycles. The van der Waals surface area contributed by atoms with Crippen molar-refractivity contribution in [3.63, 3.8) is 0 Å². The zero-order valence-electron chi connectivity index (χ0n) is 17.7. The summed E-state index contributed by atoms with van der Waals surface area (Å²) in [6.07, 6.45) is 2.41. The fourth-order valence-electron chi connectivity index (χ4n) is 2.33. The molecule has 0 spiro atoms. The molecular weight excluding hydrogens is 366 g/mol. The van der Waals surface area contributed by atoms with Crippen LogP contribution in [-0.2, 0) is 23.7 Å². The Labute approximate surface area is 169 Å². The molecule has 0 aliphatic rings. The third-order valence-corrected chi connectivity index (χ3v) is 3.76. The Hall–Kier alpha value is -1.42. The average molecular weight is 406 g/mol. The van der Waals surface area contributed by atoms with E-state index in [1.807, 2.05) is 13.8 Å². The summed E-state index contributed by atoms with van der Waals surface area (Å²) in [5, 5.41) is 5.65. The minimum Gasteiger partial charge on any atom is -0.447 e. The fraction of sp³-hybridized carbons (Fsp3) is 0.895. The summed E-state index contributed by atoms with van der Waals surface area (Å²) in [7, 11) is 0. The number of hydrogen-bond donors (Lipinski definition) is 3. The number of nitrogens with two attached hydrogens (primary N) is 1. The second-order valence-corrected chi connectivity index (χ2v) is 6.60. The number of alkyl carbamates (subject to hydrolysis) is 1. The van der Waals surface area contributed by atoms with E-state index in [2.05, 4.69) is 17.6 Å². The zero-order valence-corrected chi connectivity index (χ0v) is 17.7. The maximum atomic E-state index is 11.8. The molecule has 2 amide bonds. The van der Waals surface area contributed by atoms with E-state index < -0.39 is 6.09 Å². The monoisotopic (exact) mass is 405 g/mol. The first-order valence-corrected chi connectivity index (χ1v) is 10.2. The second kappa shape index (κ2) is 18.9. The predicted octanol–water partition coefficient (Wildman–Crippen LogP) is 1.19. The standard InChI is InChI=1S/C19H39N3O6/c1-4-5-16(2)21-18(23)7-6-17(3)22-19(24)28-15-14-27-13-12-26-11-10-25-9-8-20/h16-17H,4-15,20H2,1-3H3,(H,21,23)(H,22,24). The van der Waals surface area contributed by atoms with Gasteiger partial charge in [-0.05, 0) is 26.7 Å². The van der Waals surface area contributed by atoms with Gasteiger partial charge < -0.3 is 35.3 Å². The molecule has 0 aliphatic carbocycles. The Kier molecular flexibility index (Phi) is 18.0. The number of rotatable bonds is 18. The van der Waals surface area contributed by atoms with Crippen molar-refractivity contribution in [2.24, 2.45) is 5.73 Å². The molecule has 0 heterocycles. The van der Waals surface area contributed by atoms with Gasteiger partial charge in [-0.3, -0.25) is 4.79 Å². The summed E-state index contributed by atoms with van der Waals surface area (Å²) >= 11 is 0. The van der Waals surface area contributed by atoms with E-state index in [9.17, 15) is 9.59 Å². The van der Waals surface area contributed by atoms with Crippen LogP contribution in [0.4, 0.5) is 4.79 Å². The number of hydrogen-bond acceptors (Lipinski definition) is 7. The normalized spacial score (nSPS) is 13.0. The van der Waals surface area contributed by atoms with Gasteiger partial charge in [-0.25, -0.2) is 4.79 Å². The molecule has 0 saturated carbocycles. The Morgan fingerprint density at radius 2 is 1.36 bits per heavy atom. The van der Waals surface area contributed by atoms with Crippen molar-refractivity contribution in [2.45, 2.75) is 58.5 Å². The molecular formula is C19H39N3O6.